The van der Waals surface area contributed by atoms with Crippen LogP contribution in [0, 0.1) is 0 Å². The Bertz CT molecular complexity index is 432. The van der Waals surface area contributed by atoms with Gasteiger partial charge in [-0.1, -0.05) is 13.8 Å². The zero-order chi connectivity index (χ0) is 11.7. The standard InChI is InChI=1S/C11H18N4O.ClH/c1-7(2)9-5-10(16)14-11(13-9)15-4-3-8(12)6-15;/h5,7-8H,3-4,6,12H2,1-2H3,(H,13,14,16);1H. The number of hydrogen-bond acceptors (Lipinski definition) is 4. The Morgan fingerprint density at radius 3 is 2.82 bits per heavy atom. The summed E-state index contributed by atoms with van der Waals surface area (Å²) in [4.78, 5) is 20.8. The van der Waals surface area contributed by atoms with E-state index in [0.29, 0.717) is 5.95 Å². The highest BCUT2D eigenvalue weighted by atomic mass is 35.5. The second-order valence-corrected chi connectivity index (χ2v) is 4.64. The van der Waals surface area contributed by atoms with Crippen LogP contribution in [0.5, 0.6) is 0 Å². The van der Waals surface area contributed by atoms with Gasteiger partial charge in [0, 0.05) is 25.2 Å². The van der Waals surface area contributed by atoms with Crippen LogP contribution in [0.25, 0.3) is 0 Å². The average Bonchev–Trinajstić information content (AvgIpc) is 2.64. The molecular formula is C11H19ClN4O. The maximum atomic E-state index is 11.5. The molecule has 1 unspecified atom stereocenters. The number of nitrogens with two attached hydrogens (primary N) is 1. The fourth-order valence-electron chi connectivity index (χ4n) is 1.89. The van der Waals surface area contributed by atoms with E-state index in [4.69, 9.17) is 5.73 Å². The molecule has 5 nitrogen and oxygen atoms in total. The number of nitrogens with zero attached hydrogens (tertiary/aromatic N) is 2. The first kappa shape index (κ1) is 14.0. The molecule has 0 bridgehead atoms. The van der Waals surface area contributed by atoms with Gasteiger partial charge in [0.15, 0.2) is 0 Å². The summed E-state index contributed by atoms with van der Waals surface area (Å²) >= 11 is 0. The summed E-state index contributed by atoms with van der Waals surface area (Å²) in [6.45, 7) is 5.69. The van der Waals surface area contributed by atoms with Gasteiger partial charge in [-0.2, -0.15) is 0 Å². The zero-order valence-electron chi connectivity index (χ0n) is 10.1. The van der Waals surface area contributed by atoms with Crippen LogP contribution in [0.4, 0.5) is 5.95 Å². The van der Waals surface area contributed by atoms with Crippen LogP contribution >= 0.6 is 12.4 Å². The highest BCUT2D eigenvalue weighted by Gasteiger charge is 2.21. The maximum Gasteiger partial charge on any atom is 0.252 e. The van der Waals surface area contributed by atoms with E-state index in [1.807, 2.05) is 18.7 Å². The number of halogens is 1. The largest absolute Gasteiger partial charge is 0.341 e. The molecule has 0 amide bonds. The summed E-state index contributed by atoms with van der Waals surface area (Å²) in [5, 5.41) is 0. The Hall–Kier alpha value is -1.07. The molecule has 2 rings (SSSR count). The van der Waals surface area contributed by atoms with Gasteiger partial charge in [-0.15, -0.1) is 12.4 Å². The fraction of sp³-hybridized carbons (Fsp3) is 0.636. The molecule has 0 radical (unpaired) electrons. The van der Waals surface area contributed by atoms with E-state index in [9.17, 15) is 4.79 Å². The average molecular weight is 259 g/mol. The van der Waals surface area contributed by atoms with Crippen LogP contribution in [-0.4, -0.2) is 29.1 Å². The number of hydrogen-bond donors (Lipinski definition) is 2. The minimum absolute atomic E-state index is 0. The third-order valence-corrected chi connectivity index (χ3v) is 2.86. The van der Waals surface area contributed by atoms with Gasteiger partial charge in [0.2, 0.25) is 5.95 Å². The Kier molecular flexibility index (Phi) is 4.54. The van der Waals surface area contributed by atoms with E-state index < -0.39 is 0 Å². The van der Waals surface area contributed by atoms with E-state index in [1.54, 1.807) is 6.07 Å². The first-order valence-corrected chi connectivity index (χ1v) is 5.68. The highest BCUT2D eigenvalue weighted by Crippen LogP contribution is 2.16. The van der Waals surface area contributed by atoms with Gasteiger partial charge < -0.3 is 10.6 Å². The summed E-state index contributed by atoms with van der Waals surface area (Å²) in [5.41, 5.74) is 6.58. The first-order chi connectivity index (χ1) is 7.56. The molecule has 0 saturated carbocycles. The molecule has 0 aliphatic carbocycles. The van der Waals surface area contributed by atoms with Gasteiger partial charge in [-0.05, 0) is 12.3 Å². The lowest BCUT2D eigenvalue weighted by atomic mass is 10.1. The molecule has 6 heteroatoms. The molecule has 1 saturated heterocycles. The molecule has 96 valence electrons. The van der Waals surface area contributed by atoms with Crippen LogP contribution in [0.15, 0.2) is 10.9 Å². The van der Waals surface area contributed by atoms with Crippen LogP contribution in [0.3, 0.4) is 0 Å². The Morgan fingerprint density at radius 2 is 2.29 bits per heavy atom. The third kappa shape index (κ3) is 3.20. The van der Waals surface area contributed by atoms with Crippen LogP contribution in [0.1, 0.15) is 31.9 Å². The molecule has 2 heterocycles. The van der Waals surface area contributed by atoms with Crippen molar-refractivity contribution in [3.05, 3.63) is 22.1 Å². The predicted molar refractivity (Wildman–Crippen MR) is 71.0 cm³/mol. The quantitative estimate of drug-likeness (QED) is 0.825. The van der Waals surface area contributed by atoms with Gasteiger partial charge in [-0.25, -0.2) is 4.98 Å². The van der Waals surface area contributed by atoms with Crippen molar-refractivity contribution in [2.75, 3.05) is 18.0 Å². The Balaban J connectivity index is 0.00000144. The molecule has 1 aliphatic heterocycles. The number of rotatable bonds is 2. The van der Waals surface area contributed by atoms with E-state index in [-0.39, 0.29) is 29.9 Å². The van der Waals surface area contributed by atoms with Gasteiger partial charge >= 0.3 is 0 Å². The zero-order valence-corrected chi connectivity index (χ0v) is 11.0. The second-order valence-electron chi connectivity index (χ2n) is 4.64. The molecule has 17 heavy (non-hydrogen) atoms. The molecule has 1 atom stereocenters. The summed E-state index contributed by atoms with van der Waals surface area (Å²) < 4.78 is 0. The molecular weight excluding hydrogens is 240 g/mol. The van der Waals surface area contributed by atoms with Crippen molar-refractivity contribution in [1.29, 1.82) is 0 Å². The van der Waals surface area contributed by atoms with Gasteiger partial charge in [0.25, 0.3) is 5.56 Å². The number of anilines is 1. The second kappa shape index (κ2) is 5.51. The van der Waals surface area contributed by atoms with Gasteiger partial charge in [-0.3, -0.25) is 9.78 Å². The summed E-state index contributed by atoms with van der Waals surface area (Å²) in [6.07, 6.45) is 0.954. The van der Waals surface area contributed by atoms with E-state index in [2.05, 4.69) is 9.97 Å². The molecule has 1 aliphatic rings. The Morgan fingerprint density at radius 1 is 1.59 bits per heavy atom. The number of aromatic amines is 1. The van der Waals surface area contributed by atoms with Crippen molar-refractivity contribution in [2.24, 2.45) is 5.73 Å². The van der Waals surface area contributed by atoms with Crippen LogP contribution in [-0.2, 0) is 0 Å². The van der Waals surface area contributed by atoms with Crippen molar-refractivity contribution >= 4 is 18.4 Å². The SMILES string of the molecule is CC(C)c1cc(=O)[nH]c(N2CCC(N)C2)n1.Cl. The lowest BCUT2D eigenvalue weighted by Gasteiger charge is -2.17. The topological polar surface area (TPSA) is 75.0 Å². The number of nitrogens with one attached hydrogen (secondary N) is 1. The van der Waals surface area contributed by atoms with Crippen molar-refractivity contribution in [2.45, 2.75) is 32.2 Å². The lowest BCUT2D eigenvalue weighted by Crippen LogP contribution is -2.29. The van der Waals surface area contributed by atoms with Crippen LogP contribution < -0.4 is 16.2 Å². The molecule has 0 aromatic carbocycles. The van der Waals surface area contributed by atoms with Gasteiger partial charge in [0.1, 0.15) is 0 Å². The minimum atomic E-state index is -0.0887. The first-order valence-electron chi connectivity index (χ1n) is 5.68. The summed E-state index contributed by atoms with van der Waals surface area (Å²) in [5.74, 6) is 0.918. The van der Waals surface area contributed by atoms with Crippen molar-refractivity contribution < 1.29 is 0 Å². The molecule has 1 aromatic rings. The summed E-state index contributed by atoms with van der Waals surface area (Å²) in [7, 11) is 0. The molecule has 1 aromatic heterocycles. The van der Waals surface area contributed by atoms with E-state index in [1.165, 1.54) is 0 Å². The molecule has 0 spiro atoms. The number of aromatic nitrogens is 2. The number of H-pyrrole nitrogens is 1. The summed E-state index contributed by atoms with van der Waals surface area (Å²) in [6, 6.07) is 1.75. The van der Waals surface area contributed by atoms with E-state index in [0.717, 1.165) is 25.2 Å². The maximum absolute atomic E-state index is 11.5. The van der Waals surface area contributed by atoms with Crippen LogP contribution in [0.2, 0.25) is 0 Å². The van der Waals surface area contributed by atoms with Gasteiger partial charge in [0.05, 0.1) is 5.69 Å². The van der Waals surface area contributed by atoms with Crippen molar-refractivity contribution in [3.8, 4) is 0 Å². The minimum Gasteiger partial charge on any atom is -0.341 e. The molecule has 3 N–H and O–H groups in total. The lowest BCUT2D eigenvalue weighted by molar-refractivity contribution is 0.747. The van der Waals surface area contributed by atoms with Crippen molar-refractivity contribution in [1.82, 2.24) is 9.97 Å². The predicted octanol–water partition coefficient (Wildman–Crippen LogP) is 0.853. The highest BCUT2D eigenvalue weighted by molar-refractivity contribution is 5.85. The van der Waals surface area contributed by atoms with E-state index >= 15 is 0 Å². The smallest absolute Gasteiger partial charge is 0.252 e. The van der Waals surface area contributed by atoms with Crippen molar-refractivity contribution in [3.63, 3.8) is 0 Å². The molecule has 1 fully saturated rings. The fourth-order valence-corrected chi connectivity index (χ4v) is 1.89. The third-order valence-electron chi connectivity index (χ3n) is 2.86. The Labute approximate surface area is 107 Å². The normalized spacial score (nSPS) is 19.5. The monoisotopic (exact) mass is 258 g/mol.